The van der Waals surface area contributed by atoms with Gasteiger partial charge in [0.25, 0.3) is 0 Å². The Labute approximate surface area is 114 Å². The quantitative estimate of drug-likeness (QED) is 0.833. The Morgan fingerprint density at radius 2 is 1.95 bits per heavy atom. The second kappa shape index (κ2) is 6.59. The molecule has 0 amide bonds. The fourth-order valence-electron chi connectivity index (χ4n) is 2.04. The molecular weight excluding hydrogens is 240 g/mol. The van der Waals surface area contributed by atoms with Crippen LogP contribution in [0.5, 0.6) is 0 Å². The molecule has 104 valence electrons. The van der Waals surface area contributed by atoms with Gasteiger partial charge in [-0.15, -0.1) is 0 Å². The summed E-state index contributed by atoms with van der Waals surface area (Å²) in [7, 11) is 2.08. The average molecular weight is 262 g/mol. The van der Waals surface area contributed by atoms with E-state index in [0.29, 0.717) is 0 Å². The van der Waals surface area contributed by atoms with Gasteiger partial charge < -0.3 is 14.2 Å². The van der Waals surface area contributed by atoms with Crippen molar-refractivity contribution in [2.45, 2.75) is 33.5 Å². The standard InChI is InChI=1S/C15H22N2O2/c1-4-16-9-14-5-6-15(19-14)11-17(3)10-13-7-8-18-12(13)2/h5-8,16H,4,9-11H2,1-3H3. The zero-order valence-electron chi connectivity index (χ0n) is 11.9. The molecule has 19 heavy (non-hydrogen) atoms. The van der Waals surface area contributed by atoms with Crippen molar-refractivity contribution >= 4 is 0 Å². The van der Waals surface area contributed by atoms with Gasteiger partial charge in [0.2, 0.25) is 0 Å². The van der Waals surface area contributed by atoms with Gasteiger partial charge in [-0.25, -0.2) is 0 Å². The molecular formula is C15H22N2O2. The second-order valence-electron chi connectivity index (χ2n) is 4.82. The molecule has 0 atom stereocenters. The second-order valence-corrected chi connectivity index (χ2v) is 4.82. The predicted molar refractivity (Wildman–Crippen MR) is 74.7 cm³/mol. The van der Waals surface area contributed by atoms with Gasteiger partial charge in [-0.05, 0) is 38.7 Å². The van der Waals surface area contributed by atoms with E-state index in [1.165, 1.54) is 5.56 Å². The lowest BCUT2D eigenvalue weighted by molar-refractivity contribution is 0.281. The van der Waals surface area contributed by atoms with Crippen LogP contribution in [0.25, 0.3) is 0 Å². The van der Waals surface area contributed by atoms with Gasteiger partial charge in [0.15, 0.2) is 0 Å². The fraction of sp³-hybridized carbons (Fsp3) is 0.467. The molecule has 1 N–H and O–H groups in total. The molecule has 0 unspecified atom stereocenters. The van der Waals surface area contributed by atoms with Crippen molar-refractivity contribution in [2.75, 3.05) is 13.6 Å². The molecule has 0 bridgehead atoms. The van der Waals surface area contributed by atoms with Gasteiger partial charge >= 0.3 is 0 Å². The number of nitrogens with one attached hydrogen (secondary N) is 1. The van der Waals surface area contributed by atoms with Crippen LogP contribution in [0.2, 0.25) is 0 Å². The van der Waals surface area contributed by atoms with Gasteiger partial charge in [0.1, 0.15) is 17.3 Å². The summed E-state index contributed by atoms with van der Waals surface area (Å²) in [5.41, 5.74) is 1.22. The molecule has 0 spiro atoms. The molecule has 2 rings (SSSR count). The van der Waals surface area contributed by atoms with Crippen molar-refractivity contribution in [1.82, 2.24) is 10.2 Å². The third kappa shape index (κ3) is 3.98. The zero-order valence-corrected chi connectivity index (χ0v) is 11.9. The fourth-order valence-corrected chi connectivity index (χ4v) is 2.04. The Balaban J connectivity index is 1.86. The average Bonchev–Trinajstić information content (AvgIpc) is 2.97. The number of hydrogen-bond acceptors (Lipinski definition) is 4. The van der Waals surface area contributed by atoms with Crippen LogP contribution >= 0.6 is 0 Å². The molecule has 0 saturated carbocycles. The molecule has 0 aromatic carbocycles. The first-order valence-corrected chi connectivity index (χ1v) is 6.69. The third-order valence-electron chi connectivity index (χ3n) is 3.10. The maximum atomic E-state index is 5.78. The highest BCUT2D eigenvalue weighted by molar-refractivity contribution is 5.15. The van der Waals surface area contributed by atoms with Crippen molar-refractivity contribution in [3.8, 4) is 0 Å². The normalized spacial score (nSPS) is 11.4. The van der Waals surface area contributed by atoms with Crippen molar-refractivity contribution < 1.29 is 8.83 Å². The van der Waals surface area contributed by atoms with Gasteiger partial charge in [0, 0.05) is 12.1 Å². The first-order valence-electron chi connectivity index (χ1n) is 6.69. The van der Waals surface area contributed by atoms with Gasteiger partial charge in [0.05, 0.1) is 19.4 Å². The summed E-state index contributed by atoms with van der Waals surface area (Å²) in [6.07, 6.45) is 1.74. The van der Waals surface area contributed by atoms with E-state index in [4.69, 9.17) is 8.83 Å². The molecule has 0 radical (unpaired) electrons. The highest BCUT2D eigenvalue weighted by atomic mass is 16.3. The van der Waals surface area contributed by atoms with Crippen molar-refractivity contribution in [3.05, 3.63) is 47.3 Å². The Morgan fingerprint density at radius 1 is 1.16 bits per heavy atom. The molecule has 4 heteroatoms. The molecule has 4 nitrogen and oxygen atoms in total. The highest BCUT2D eigenvalue weighted by Crippen LogP contribution is 2.14. The summed E-state index contributed by atoms with van der Waals surface area (Å²) in [4.78, 5) is 2.22. The van der Waals surface area contributed by atoms with Crippen LogP contribution in [0.3, 0.4) is 0 Å². The van der Waals surface area contributed by atoms with E-state index in [1.54, 1.807) is 6.26 Å². The molecule has 0 aliphatic rings. The summed E-state index contributed by atoms with van der Waals surface area (Å²) >= 11 is 0. The van der Waals surface area contributed by atoms with E-state index < -0.39 is 0 Å². The molecule has 0 fully saturated rings. The summed E-state index contributed by atoms with van der Waals surface area (Å²) in [5.74, 6) is 2.97. The van der Waals surface area contributed by atoms with E-state index in [1.807, 2.05) is 25.1 Å². The van der Waals surface area contributed by atoms with Gasteiger partial charge in [-0.1, -0.05) is 6.92 Å². The molecule has 0 aliphatic carbocycles. The van der Waals surface area contributed by atoms with Crippen molar-refractivity contribution in [2.24, 2.45) is 0 Å². The van der Waals surface area contributed by atoms with E-state index in [-0.39, 0.29) is 0 Å². The Hall–Kier alpha value is -1.52. The lowest BCUT2D eigenvalue weighted by Gasteiger charge is -2.14. The van der Waals surface area contributed by atoms with Crippen LogP contribution in [-0.2, 0) is 19.6 Å². The van der Waals surface area contributed by atoms with Crippen molar-refractivity contribution in [1.29, 1.82) is 0 Å². The molecule has 0 aliphatic heterocycles. The lowest BCUT2D eigenvalue weighted by Crippen LogP contribution is -2.17. The monoisotopic (exact) mass is 262 g/mol. The number of aryl methyl sites for hydroxylation is 1. The summed E-state index contributed by atoms with van der Waals surface area (Å²) < 4.78 is 11.1. The van der Waals surface area contributed by atoms with Gasteiger partial charge in [-0.3, -0.25) is 4.90 Å². The Kier molecular flexibility index (Phi) is 4.82. The summed E-state index contributed by atoms with van der Waals surface area (Å²) in [6, 6.07) is 6.10. The van der Waals surface area contributed by atoms with Crippen LogP contribution in [0.4, 0.5) is 0 Å². The minimum absolute atomic E-state index is 0.793. The first-order chi connectivity index (χ1) is 9.19. The van der Waals surface area contributed by atoms with E-state index >= 15 is 0 Å². The van der Waals surface area contributed by atoms with Crippen LogP contribution in [0.15, 0.2) is 33.3 Å². The topological polar surface area (TPSA) is 41.5 Å². The largest absolute Gasteiger partial charge is 0.469 e. The maximum absolute atomic E-state index is 5.78. The molecule has 2 aromatic heterocycles. The van der Waals surface area contributed by atoms with E-state index in [2.05, 4.69) is 24.2 Å². The van der Waals surface area contributed by atoms with Gasteiger partial charge in [-0.2, -0.15) is 0 Å². The minimum atomic E-state index is 0.793. The minimum Gasteiger partial charge on any atom is -0.469 e. The van der Waals surface area contributed by atoms with E-state index in [9.17, 15) is 0 Å². The van der Waals surface area contributed by atoms with E-state index in [0.717, 1.165) is 43.5 Å². The number of hydrogen-bond donors (Lipinski definition) is 1. The molecule has 2 heterocycles. The lowest BCUT2D eigenvalue weighted by atomic mass is 10.2. The highest BCUT2D eigenvalue weighted by Gasteiger charge is 2.08. The van der Waals surface area contributed by atoms with Crippen LogP contribution < -0.4 is 5.32 Å². The van der Waals surface area contributed by atoms with Crippen LogP contribution in [-0.4, -0.2) is 18.5 Å². The Bertz CT molecular complexity index is 502. The number of nitrogens with zero attached hydrogens (tertiary/aromatic N) is 1. The SMILES string of the molecule is CCNCc1ccc(CN(C)Cc2ccoc2C)o1. The predicted octanol–water partition coefficient (Wildman–Crippen LogP) is 2.92. The Morgan fingerprint density at radius 3 is 2.63 bits per heavy atom. The van der Waals surface area contributed by atoms with Crippen LogP contribution in [0, 0.1) is 6.92 Å². The third-order valence-corrected chi connectivity index (χ3v) is 3.10. The maximum Gasteiger partial charge on any atom is 0.118 e. The van der Waals surface area contributed by atoms with Crippen molar-refractivity contribution in [3.63, 3.8) is 0 Å². The van der Waals surface area contributed by atoms with Crippen LogP contribution in [0.1, 0.15) is 29.8 Å². The first kappa shape index (κ1) is 13.9. The smallest absolute Gasteiger partial charge is 0.118 e. The number of rotatable bonds is 7. The summed E-state index contributed by atoms with van der Waals surface area (Å²) in [5, 5.41) is 3.26. The zero-order chi connectivity index (χ0) is 13.7. The summed E-state index contributed by atoms with van der Waals surface area (Å²) in [6.45, 7) is 7.49. The number of furan rings is 2. The molecule has 2 aromatic rings. The molecule has 0 saturated heterocycles.